The van der Waals surface area contributed by atoms with E-state index in [2.05, 4.69) is 31.5 Å². The number of hydrogen-bond donors (Lipinski definition) is 0. The van der Waals surface area contributed by atoms with Crippen LogP contribution in [0, 0.1) is 6.92 Å². The van der Waals surface area contributed by atoms with E-state index in [0.29, 0.717) is 0 Å². The van der Waals surface area contributed by atoms with Gasteiger partial charge in [0, 0.05) is 4.47 Å². The van der Waals surface area contributed by atoms with E-state index in [1.807, 2.05) is 25.1 Å². The lowest BCUT2D eigenvalue weighted by Crippen LogP contribution is -1.95. The van der Waals surface area contributed by atoms with Gasteiger partial charge in [-0.15, -0.1) is 5.10 Å². The van der Waals surface area contributed by atoms with Gasteiger partial charge in [0.2, 0.25) is 0 Å². The molecule has 1 aromatic heterocycles. The molecule has 0 unspecified atom stereocenters. The van der Waals surface area contributed by atoms with E-state index in [4.69, 9.17) is 0 Å². The molecule has 0 aliphatic carbocycles. The van der Waals surface area contributed by atoms with Crippen molar-refractivity contribution in [1.29, 1.82) is 0 Å². The van der Waals surface area contributed by atoms with Crippen molar-refractivity contribution < 1.29 is 0 Å². The molecule has 0 aliphatic rings. The molecule has 0 N–H and O–H groups in total. The maximum Gasteiger partial charge on any atom is 0.143 e. The van der Waals surface area contributed by atoms with Crippen LogP contribution < -0.4 is 0 Å². The third-order valence-electron chi connectivity index (χ3n) is 1.77. The highest BCUT2D eigenvalue weighted by molar-refractivity contribution is 9.10. The van der Waals surface area contributed by atoms with Crippen LogP contribution in [-0.4, -0.2) is 20.2 Å². The van der Waals surface area contributed by atoms with Crippen LogP contribution in [0.5, 0.6) is 0 Å². The minimum atomic E-state index is 0.947. The summed E-state index contributed by atoms with van der Waals surface area (Å²) < 4.78 is 2.67. The Morgan fingerprint density at radius 1 is 1.38 bits per heavy atom. The Bertz CT molecular complexity index is 410. The third-order valence-corrected chi connectivity index (χ3v) is 2.62. The Balaban J connectivity index is 2.49. The molecular formula is C8H7BrN4. The predicted octanol–water partition coefficient (Wildman–Crippen LogP) is 1.73. The molecular weight excluding hydrogens is 232 g/mol. The van der Waals surface area contributed by atoms with Gasteiger partial charge < -0.3 is 0 Å². The highest BCUT2D eigenvalue weighted by atomic mass is 79.9. The fraction of sp³-hybridized carbons (Fsp3) is 0.125. The Morgan fingerprint density at radius 3 is 2.85 bits per heavy atom. The summed E-state index contributed by atoms with van der Waals surface area (Å²) >= 11 is 3.45. The van der Waals surface area contributed by atoms with Crippen LogP contribution in [0.4, 0.5) is 0 Å². The Kier molecular flexibility index (Phi) is 2.10. The van der Waals surface area contributed by atoms with Crippen LogP contribution in [0.2, 0.25) is 0 Å². The maximum absolute atomic E-state index is 3.79. The summed E-state index contributed by atoms with van der Waals surface area (Å²) in [5.41, 5.74) is 2.14. The lowest BCUT2D eigenvalue weighted by atomic mass is 10.2. The van der Waals surface area contributed by atoms with Gasteiger partial charge >= 0.3 is 0 Å². The molecule has 13 heavy (non-hydrogen) atoms. The summed E-state index contributed by atoms with van der Waals surface area (Å²) in [6.07, 6.45) is 1.57. The lowest BCUT2D eigenvalue weighted by Gasteiger charge is -2.01. The van der Waals surface area contributed by atoms with Crippen LogP contribution in [0.25, 0.3) is 5.69 Å². The summed E-state index contributed by atoms with van der Waals surface area (Å²) in [5, 5.41) is 10.9. The summed E-state index contributed by atoms with van der Waals surface area (Å²) in [4.78, 5) is 0. The van der Waals surface area contributed by atoms with Crippen molar-refractivity contribution in [1.82, 2.24) is 20.2 Å². The van der Waals surface area contributed by atoms with E-state index < -0.39 is 0 Å². The number of halogens is 1. The van der Waals surface area contributed by atoms with Gasteiger partial charge in [-0.3, -0.25) is 0 Å². The molecule has 0 aliphatic heterocycles. The molecule has 1 aromatic carbocycles. The predicted molar refractivity (Wildman–Crippen MR) is 51.6 cm³/mol. The van der Waals surface area contributed by atoms with E-state index in [0.717, 1.165) is 10.2 Å². The van der Waals surface area contributed by atoms with Crippen LogP contribution in [0.15, 0.2) is 29.0 Å². The minimum absolute atomic E-state index is 0.947. The first kappa shape index (κ1) is 8.37. The molecule has 2 rings (SSSR count). The van der Waals surface area contributed by atoms with Crippen molar-refractivity contribution in [3.63, 3.8) is 0 Å². The number of benzene rings is 1. The molecule has 2 aromatic rings. The monoisotopic (exact) mass is 238 g/mol. The van der Waals surface area contributed by atoms with Crippen molar-refractivity contribution >= 4 is 15.9 Å². The quantitative estimate of drug-likeness (QED) is 0.761. The van der Waals surface area contributed by atoms with Crippen molar-refractivity contribution in [2.45, 2.75) is 6.92 Å². The van der Waals surface area contributed by atoms with Gasteiger partial charge in [0.25, 0.3) is 0 Å². The summed E-state index contributed by atoms with van der Waals surface area (Å²) in [7, 11) is 0. The van der Waals surface area contributed by atoms with Gasteiger partial charge in [-0.25, -0.2) is 4.68 Å². The van der Waals surface area contributed by atoms with Crippen molar-refractivity contribution in [2.75, 3.05) is 0 Å². The average molecular weight is 239 g/mol. The van der Waals surface area contributed by atoms with E-state index >= 15 is 0 Å². The van der Waals surface area contributed by atoms with Gasteiger partial charge in [0.1, 0.15) is 6.33 Å². The molecule has 0 radical (unpaired) electrons. The number of hydrogen-bond acceptors (Lipinski definition) is 3. The molecule has 4 nitrogen and oxygen atoms in total. The van der Waals surface area contributed by atoms with Crippen LogP contribution >= 0.6 is 15.9 Å². The number of tetrazole rings is 1. The molecule has 5 heteroatoms. The average Bonchev–Trinajstić information content (AvgIpc) is 2.62. The van der Waals surface area contributed by atoms with Crippen LogP contribution in [-0.2, 0) is 0 Å². The first-order valence-electron chi connectivity index (χ1n) is 3.77. The third kappa shape index (κ3) is 1.60. The van der Waals surface area contributed by atoms with Crippen molar-refractivity contribution in [2.24, 2.45) is 0 Å². The Labute approximate surface area is 83.7 Å². The van der Waals surface area contributed by atoms with E-state index in [9.17, 15) is 0 Å². The first-order valence-corrected chi connectivity index (χ1v) is 4.56. The zero-order chi connectivity index (χ0) is 9.26. The van der Waals surface area contributed by atoms with Gasteiger partial charge in [-0.05, 0) is 35.0 Å². The smallest absolute Gasteiger partial charge is 0.143 e. The first-order chi connectivity index (χ1) is 6.27. The second-order valence-corrected chi connectivity index (χ2v) is 3.54. The Hall–Kier alpha value is -1.23. The molecule has 0 spiro atoms. The van der Waals surface area contributed by atoms with E-state index in [-0.39, 0.29) is 0 Å². The molecule has 0 amide bonds. The van der Waals surface area contributed by atoms with Gasteiger partial charge in [0.05, 0.1) is 5.69 Å². The molecule has 1 heterocycles. The number of nitrogens with zero attached hydrogens (tertiary/aromatic N) is 4. The largest absolute Gasteiger partial charge is 0.201 e. The molecule has 0 saturated carbocycles. The zero-order valence-electron chi connectivity index (χ0n) is 6.98. The van der Waals surface area contributed by atoms with E-state index in [1.54, 1.807) is 11.0 Å². The lowest BCUT2D eigenvalue weighted by molar-refractivity contribution is 0.788. The molecule has 0 fully saturated rings. The molecule has 0 atom stereocenters. The number of aromatic nitrogens is 4. The molecule has 0 saturated heterocycles. The summed E-state index contributed by atoms with van der Waals surface area (Å²) in [6, 6.07) is 5.96. The van der Waals surface area contributed by atoms with Crippen molar-refractivity contribution in [3.8, 4) is 5.69 Å². The maximum atomic E-state index is 3.79. The van der Waals surface area contributed by atoms with Gasteiger partial charge in [0.15, 0.2) is 0 Å². The highest BCUT2D eigenvalue weighted by Gasteiger charge is 1.99. The second kappa shape index (κ2) is 3.26. The van der Waals surface area contributed by atoms with Crippen molar-refractivity contribution in [3.05, 3.63) is 34.6 Å². The zero-order valence-corrected chi connectivity index (χ0v) is 8.56. The topological polar surface area (TPSA) is 43.6 Å². The fourth-order valence-electron chi connectivity index (χ4n) is 1.00. The summed E-state index contributed by atoms with van der Waals surface area (Å²) in [5.74, 6) is 0. The SMILES string of the molecule is Cc1ccc(-n2cnnn2)cc1Br. The normalized spacial score (nSPS) is 10.3. The summed E-state index contributed by atoms with van der Waals surface area (Å²) in [6.45, 7) is 2.04. The minimum Gasteiger partial charge on any atom is -0.201 e. The second-order valence-electron chi connectivity index (χ2n) is 2.69. The van der Waals surface area contributed by atoms with E-state index in [1.165, 1.54) is 5.56 Å². The number of rotatable bonds is 1. The van der Waals surface area contributed by atoms with Crippen LogP contribution in [0.3, 0.4) is 0 Å². The molecule has 0 bridgehead atoms. The number of aryl methyl sites for hydroxylation is 1. The van der Waals surface area contributed by atoms with Crippen LogP contribution in [0.1, 0.15) is 5.56 Å². The standard InChI is InChI=1S/C8H7BrN4/c1-6-2-3-7(4-8(6)9)13-5-10-11-12-13/h2-5H,1H3. The van der Waals surface area contributed by atoms with Gasteiger partial charge in [-0.1, -0.05) is 22.0 Å². The fourth-order valence-corrected chi connectivity index (χ4v) is 1.37. The molecule has 66 valence electrons. The van der Waals surface area contributed by atoms with Gasteiger partial charge in [-0.2, -0.15) is 0 Å². The Morgan fingerprint density at radius 2 is 2.23 bits per heavy atom. The highest BCUT2D eigenvalue weighted by Crippen LogP contribution is 2.18.